The normalized spacial score (nSPS) is 11.6. The van der Waals surface area contributed by atoms with Crippen LogP contribution in [-0.2, 0) is 63.6 Å². The molecule has 3 aromatic rings. The van der Waals surface area contributed by atoms with E-state index in [2.05, 4.69) is 26.3 Å². The molecule has 0 aliphatic carbocycles. The summed E-state index contributed by atoms with van der Waals surface area (Å²) in [7, 11) is 0. The molecule has 26 heteroatoms. The van der Waals surface area contributed by atoms with Gasteiger partial charge in [-0.25, -0.2) is 14.0 Å². The summed E-state index contributed by atoms with van der Waals surface area (Å²) in [6.45, 7) is 8.09. The van der Waals surface area contributed by atoms with E-state index in [0.717, 1.165) is 15.6 Å². The van der Waals surface area contributed by atoms with E-state index in [4.69, 9.17) is 47.4 Å². The van der Waals surface area contributed by atoms with E-state index in [0.29, 0.717) is 120 Å². The highest BCUT2D eigenvalue weighted by Crippen LogP contribution is 2.30. The van der Waals surface area contributed by atoms with Crippen LogP contribution in [0.15, 0.2) is 33.5 Å². The van der Waals surface area contributed by atoms with E-state index in [9.17, 15) is 37.5 Å². The molecular formula is C42H62N6O18S2. The first-order valence-electron chi connectivity index (χ1n) is 21.8. The highest BCUT2D eigenvalue weighted by molar-refractivity contribution is 7.80. The summed E-state index contributed by atoms with van der Waals surface area (Å²) in [5.74, 6) is -1.99. The van der Waals surface area contributed by atoms with Crippen LogP contribution in [0.5, 0.6) is 5.75 Å². The molecule has 0 saturated carbocycles. The quantitative estimate of drug-likeness (QED) is 0.0266. The van der Waals surface area contributed by atoms with Crippen molar-refractivity contribution >= 4 is 74.1 Å². The molecule has 4 amide bonds. The van der Waals surface area contributed by atoms with E-state index >= 15 is 0 Å². The number of nitrogens with one attached hydrogen (secondary N) is 4. The largest absolute Gasteiger partial charge is 0.484 e. The number of carbonyl (C=O) groups excluding carboxylic acids is 4. The van der Waals surface area contributed by atoms with Gasteiger partial charge in [-0.1, -0.05) is 11.3 Å². The fraction of sp³-hybridized carbons (Fsp3) is 0.595. The molecule has 0 bridgehead atoms. The smallest absolute Gasteiger partial charge is 0.349 e. The molecule has 68 heavy (non-hydrogen) atoms. The van der Waals surface area contributed by atoms with Gasteiger partial charge in [-0.05, 0) is 38.0 Å². The molecule has 1 atom stereocenters. The fourth-order valence-electron chi connectivity index (χ4n) is 5.51. The zero-order valence-electron chi connectivity index (χ0n) is 38.2. The van der Waals surface area contributed by atoms with E-state index in [-0.39, 0.29) is 87.0 Å². The Labute approximate surface area is 399 Å². The fourth-order valence-corrected chi connectivity index (χ4v) is 7.01. The SMILES string of the molecule is CC(=O)Nc1nc(N(CCC(=O)NCCCOCCOCCOCCCNC(=O)c2cc3ccc(OCC(=O)NCCOCCOCCOCCOCCC(=O)O)cc3oc2=O)S(=O)O)c(C)s1. The molecule has 380 valence electrons. The van der Waals surface area contributed by atoms with Crippen molar-refractivity contribution < 1.29 is 80.2 Å². The Morgan fingerprint density at radius 2 is 1.29 bits per heavy atom. The number of hydrogen-bond acceptors (Lipinski definition) is 18. The van der Waals surface area contributed by atoms with Crippen molar-refractivity contribution in [1.82, 2.24) is 20.9 Å². The lowest BCUT2D eigenvalue weighted by Crippen LogP contribution is -2.33. The molecule has 3 rings (SSSR count). The molecular weight excluding hydrogens is 941 g/mol. The summed E-state index contributed by atoms with van der Waals surface area (Å²) in [6, 6.07) is 6.08. The van der Waals surface area contributed by atoms with Gasteiger partial charge in [0.1, 0.15) is 16.9 Å². The average Bonchev–Trinajstić information content (AvgIpc) is 3.65. The van der Waals surface area contributed by atoms with Gasteiger partial charge in [0, 0.05) is 69.1 Å². The Kier molecular flexibility index (Phi) is 28.7. The van der Waals surface area contributed by atoms with Gasteiger partial charge in [0.05, 0.1) is 85.7 Å². The lowest BCUT2D eigenvalue weighted by molar-refractivity contribution is -0.138. The monoisotopic (exact) mass is 1000 g/mol. The predicted molar refractivity (Wildman–Crippen MR) is 247 cm³/mol. The van der Waals surface area contributed by atoms with Gasteiger partial charge in [0.25, 0.3) is 23.1 Å². The number of aromatic nitrogens is 1. The van der Waals surface area contributed by atoms with Crippen LogP contribution in [0.1, 0.15) is 47.8 Å². The van der Waals surface area contributed by atoms with Gasteiger partial charge in [-0.2, -0.15) is 0 Å². The van der Waals surface area contributed by atoms with Crippen LogP contribution >= 0.6 is 11.3 Å². The standard InChI is InChI=1S/C42H62N6O18S2/c1-30-39(47-42(67-30)46-31(2)49)48(68(56)57)12-7-36(50)43-9-3-13-58-17-21-62-22-18-59-14-4-10-45-40(54)34-27-32-5-6-33(28-35(32)66-41(34)55)65-29-37(51)44-11-16-61-20-24-64-26-25-63-23-19-60-15-8-38(52)53/h5-6,27-28H,3-4,7-26,29H2,1-2H3,(H,43,50)(H,44,51)(H,45,54)(H,52,53)(H,56,57)(H,46,47,49). The number of thiazole rings is 1. The van der Waals surface area contributed by atoms with Crippen LogP contribution in [0.4, 0.5) is 10.9 Å². The van der Waals surface area contributed by atoms with Crippen LogP contribution in [0.25, 0.3) is 11.0 Å². The zero-order chi connectivity index (χ0) is 49.4. The number of rotatable bonds is 39. The summed E-state index contributed by atoms with van der Waals surface area (Å²) in [4.78, 5) is 76.3. The number of aryl methyl sites for hydroxylation is 1. The topological polar surface area (TPSA) is 311 Å². The number of ether oxygens (including phenoxy) is 8. The number of carbonyl (C=O) groups is 5. The van der Waals surface area contributed by atoms with Gasteiger partial charge in [-0.3, -0.25) is 32.8 Å². The van der Waals surface area contributed by atoms with Crippen molar-refractivity contribution in [3.8, 4) is 5.75 Å². The number of carboxylic acid groups (broad SMARTS) is 1. The maximum atomic E-state index is 12.7. The van der Waals surface area contributed by atoms with E-state index in [1.54, 1.807) is 19.1 Å². The first-order valence-corrected chi connectivity index (χ1v) is 23.6. The summed E-state index contributed by atoms with van der Waals surface area (Å²) in [5, 5.41) is 20.0. The Bertz CT molecular complexity index is 2090. The molecule has 0 fully saturated rings. The molecule has 24 nitrogen and oxygen atoms in total. The Balaban J connectivity index is 1.14. The summed E-state index contributed by atoms with van der Waals surface area (Å²) in [6.07, 6.45) is 0.949. The first-order chi connectivity index (χ1) is 32.8. The first kappa shape index (κ1) is 57.2. The van der Waals surface area contributed by atoms with E-state index in [1.807, 2.05) is 0 Å². The maximum absolute atomic E-state index is 12.7. The van der Waals surface area contributed by atoms with Gasteiger partial charge < -0.3 is 68.7 Å². The minimum Gasteiger partial charge on any atom is -0.484 e. The molecule has 1 unspecified atom stereocenters. The van der Waals surface area contributed by atoms with Crippen molar-refractivity contribution in [1.29, 1.82) is 0 Å². The number of aliphatic carboxylic acids is 1. The third kappa shape index (κ3) is 24.7. The van der Waals surface area contributed by atoms with Crippen molar-refractivity contribution in [3.05, 3.63) is 45.1 Å². The second-order valence-electron chi connectivity index (χ2n) is 14.2. The van der Waals surface area contributed by atoms with Gasteiger partial charge in [0.2, 0.25) is 11.8 Å². The van der Waals surface area contributed by atoms with Crippen molar-refractivity contribution in [2.75, 3.05) is 135 Å². The number of anilines is 2. The van der Waals surface area contributed by atoms with Gasteiger partial charge in [-0.15, -0.1) is 0 Å². The highest BCUT2D eigenvalue weighted by atomic mass is 32.2. The van der Waals surface area contributed by atoms with Crippen molar-refractivity contribution in [2.45, 2.75) is 39.5 Å². The molecule has 0 aliphatic rings. The van der Waals surface area contributed by atoms with Crippen molar-refractivity contribution in [2.24, 2.45) is 0 Å². The third-order valence-corrected chi connectivity index (χ3v) is 10.4. The number of hydrogen-bond donors (Lipinski definition) is 6. The average molecular weight is 1000 g/mol. The minimum atomic E-state index is -2.41. The molecule has 0 spiro atoms. The summed E-state index contributed by atoms with van der Waals surface area (Å²) >= 11 is -1.25. The van der Waals surface area contributed by atoms with E-state index in [1.165, 1.54) is 19.1 Å². The molecule has 0 radical (unpaired) electrons. The second-order valence-corrected chi connectivity index (χ2v) is 16.3. The second kappa shape index (κ2) is 34.2. The van der Waals surface area contributed by atoms with Crippen LogP contribution in [0, 0.1) is 6.92 Å². The molecule has 2 heterocycles. The lowest BCUT2D eigenvalue weighted by atomic mass is 10.1. The zero-order valence-corrected chi connectivity index (χ0v) is 39.8. The van der Waals surface area contributed by atoms with Crippen molar-refractivity contribution in [3.63, 3.8) is 0 Å². The number of fused-ring (bicyclic) bond motifs is 1. The molecule has 0 saturated heterocycles. The Morgan fingerprint density at radius 1 is 0.735 bits per heavy atom. The van der Waals surface area contributed by atoms with Gasteiger partial charge >= 0.3 is 11.6 Å². The molecule has 1 aromatic carbocycles. The predicted octanol–water partition coefficient (Wildman–Crippen LogP) is 1.26. The van der Waals surface area contributed by atoms with Gasteiger partial charge in [0.15, 0.2) is 17.6 Å². The number of carboxylic acids is 1. The van der Waals surface area contributed by atoms with Crippen LogP contribution < -0.4 is 35.9 Å². The molecule has 0 aliphatic heterocycles. The summed E-state index contributed by atoms with van der Waals surface area (Å²) in [5.41, 5.74) is -0.803. The molecule has 2 aromatic heterocycles. The van der Waals surface area contributed by atoms with Crippen LogP contribution in [-0.4, -0.2) is 174 Å². The lowest BCUT2D eigenvalue weighted by Gasteiger charge is -2.18. The number of nitrogens with zero attached hydrogens (tertiary/aromatic N) is 2. The van der Waals surface area contributed by atoms with Crippen LogP contribution in [0.2, 0.25) is 0 Å². The maximum Gasteiger partial charge on any atom is 0.349 e. The molecule has 6 N–H and O–H groups in total. The number of amides is 4. The highest BCUT2D eigenvalue weighted by Gasteiger charge is 2.21. The van der Waals surface area contributed by atoms with E-state index < -0.39 is 28.8 Å². The minimum absolute atomic E-state index is 0.0425. The Hall–Kier alpha value is -5.16. The summed E-state index contributed by atoms with van der Waals surface area (Å²) < 4.78 is 71.4. The van der Waals surface area contributed by atoms with Crippen LogP contribution in [0.3, 0.4) is 0 Å². The Morgan fingerprint density at radius 3 is 1.88 bits per heavy atom. The third-order valence-electron chi connectivity index (χ3n) is 8.77. The number of benzene rings is 1.